The fourth-order valence-electron chi connectivity index (χ4n) is 1.73. The van der Waals surface area contributed by atoms with Crippen LogP contribution < -0.4 is 4.74 Å². The standard InChI is InChI=1S/C14H20O2/c1-5-12-8-13(16-9-11(4)15)6-7-14(12)10(2)3/h6-8,10H,5,9H2,1-4H3. The number of ketones is 1. The topological polar surface area (TPSA) is 26.3 Å². The van der Waals surface area contributed by atoms with E-state index in [4.69, 9.17) is 4.74 Å². The van der Waals surface area contributed by atoms with Crippen molar-refractivity contribution in [1.29, 1.82) is 0 Å². The van der Waals surface area contributed by atoms with Crippen LogP contribution in [0.25, 0.3) is 0 Å². The van der Waals surface area contributed by atoms with Crippen molar-refractivity contribution < 1.29 is 9.53 Å². The molecule has 1 aromatic rings. The molecular weight excluding hydrogens is 200 g/mol. The number of aryl methyl sites for hydroxylation is 1. The number of hydrogen-bond donors (Lipinski definition) is 0. The SMILES string of the molecule is CCc1cc(OCC(C)=O)ccc1C(C)C. The zero-order valence-corrected chi connectivity index (χ0v) is 10.5. The Balaban J connectivity index is 2.86. The number of hydrogen-bond acceptors (Lipinski definition) is 2. The van der Waals surface area contributed by atoms with E-state index in [0.29, 0.717) is 5.92 Å². The average Bonchev–Trinajstić information content (AvgIpc) is 2.25. The van der Waals surface area contributed by atoms with E-state index in [0.717, 1.165) is 12.2 Å². The van der Waals surface area contributed by atoms with Gasteiger partial charge in [-0.15, -0.1) is 0 Å². The first kappa shape index (κ1) is 12.8. The lowest BCUT2D eigenvalue weighted by molar-refractivity contribution is -0.118. The van der Waals surface area contributed by atoms with Gasteiger partial charge >= 0.3 is 0 Å². The van der Waals surface area contributed by atoms with Gasteiger partial charge in [0.2, 0.25) is 0 Å². The molecule has 0 aliphatic carbocycles. The molecule has 0 aliphatic heterocycles. The molecule has 16 heavy (non-hydrogen) atoms. The Hall–Kier alpha value is -1.31. The van der Waals surface area contributed by atoms with Crippen molar-refractivity contribution >= 4 is 5.78 Å². The van der Waals surface area contributed by atoms with E-state index < -0.39 is 0 Å². The molecule has 0 radical (unpaired) electrons. The summed E-state index contributed by atoms with van der Waals surface area (Å²) in [6.45, 7) is 8.19. The second-order valence-corrected chi connectivity index (χ2v) is 4.36. The van der Waals surface area contributed by atoms with Crippen molar-refractivity contribution in [2.75, 3.05) is 6.61 Å². The number of carbonyl (C=O) groups excluding carboxylic acids is 1. The average molecular weight is 220 g/mol. The van der Waals surface area contributed by atoms with Crippen LogP contribution in [0.1, 0.15) is 44.7 Å². The molecule has 0 atom stereocenters. The van der Waals surface area contributed by atoms with Crippen LogP contribution in [0.3, 0.4) is 0 Å². The maximum atomic E-state index is 10.8. The van der Waals surface area contributed by atoms with Crippen LogP contribution in [0.15, 0.2) is 18.2 Å². The molecule has 1 aromatic carbocycles. The molecule has 88 valence electrons. The highest BCUT2D eigenvalue weighted by atomic mass is 16.5. The molecule has 0 unspecified atom stereocenters. The Labute approximate surface area is 97.6 Å². The van der Waals surface area contributed by atoms with E-state index in [1.807, 2.05) is 12.1 Å². The van der Waals surface area contributed by atoms with Crippen LogP contribution in [-0.2, 0) is 11.2 Å². The molecule has 0 bridgehead atoms. The highest BCUT2D eigenvalue weighted by Gasteiger charge is 2.07. The van der Waals surface area contributed by atoms with Crippen LogP contribution in [0.2, 0.25) is 0 Å². The highest BCUT2D eigenvalue weighted by molar-refractivity contribution is 5.77. The summed E-state index contributed by atoms with van der Waals surface area (Å²) in [5.74, 6) is 1.36. The van der Waals surface area contributed by atoms with Crippen molar-refractivity contribution in [2.45, 2.75) is 40.0 Å². The molecule has 0 aromatic heterocycles. The largest absolute Gasteiger partial charge is 0.486 e. The van der Waals surface area contributed by atoms with Crippen molar-refractivity contribution in [2.24, 2.45) is 0 Å². The van der Waals surface area contributed by atoms with Gasteiger partial charge in [-0.3, -0.25) is 4.79 Å². The Kier molecular flexibility index (Phi) is 4.53. The summed E-state index contributed by atoms with van der Waals surface area (Å²) in [4.78, 5) is 10.8. The fraction of sp³-hybridized carbons (Fsp3) is 0.500. The first-order valence-electron chi connectivity index (χ1n) is 5.79. The zero-order chi connectivity index (χ0) is 12.1. The summed E-state index contributed by atoms with van der Waals surface area (Å²) in [5.41, 5.74) is 2.66. The van der Waals surface area contributed by atoms with Gasteiger partial charge in [-0.05, 0) is 42.5 Å². The Morgan fingerprint density at radius 1 is 1.38 bits per heavy atom. The van der Waals surface area contributed by atoms with Gasteiger partial charge in [-0.25, -0.2) is 0 Å². The third-order valence-corrected chi connectivity index (χ3v) is 2.56. The van der Waals surface area contributed by atoms with Crippen LogP contribution >= 0.6 is 0 Å². The summed E-state index contributed by atoms with van der Waals surface area (Å²) >= 11 is 0. The van der Waals surface area contributed by atoms with E-state index in [-0.39, 0.29) is 12.4 Å². The Morgan fingerprint density at radius 3 is 2.56 bits per heavy atom. The Morgan fingerprint density at radius 2 is 2.06 bits per heavy atom. The molecule has 0 spiro atoms. The van der Waals surface area contributed by atoms with Crippen LogP contribution in [0, 0.1) is 0 Å². The summed E-state index contributed by atoms with van der Waals surface area (Å²) in [6, 6.07) is 6.08. The van der Waals surface area contributed by atoms with Gasteiger partial charge < -0.3 is 4.74 Å². The van der Waals surface area contributed by atoms with Gasteiger partial charge in [0, 0.05) is 0 Å². The lowest BCUT2D eigenvalue weighted by Gasteiger charge is -2.13. The summed E-state index contributed by atoms with van der Waals surface area (Å²) < 4.78 is 5.40. The molecule has 0 saturated heterocycles. The number of ether oxygens (including phenoxy) is 1. The van der Waals surface area contributed by atoms with Gasteiger partial charge in [-0.1, -0.05) is 26.8 Å². The highest BCUT2D eigenvalue weighted by Crippen LogP contribution is 2.24. The predicted molar refractivity (Wildman–Crippen MR) is 66.1 cm³/mol. The maximum Gasteiger partial charge on any atom is 0.167 e. The molecule has 0 N–H and O–H groups in total. The third-order valence-electron chi connectivity index (χ3n) is 2.56. The van der Waals surface area contributed by atoms with Crippen LogP contribution in [-0.4, -0.2) is 12.4 Å². The fourth-order valence-corrected chi connectivity index (χ4v) is 1.73. The second kappa shape index (κ2) is 5.69. The van der Waals surface area contributed by atoms with Gasteiger partial charge in [0.1, 0.15) is 12.4 Å². The number of benzene rings is 1. The van der Waals surface area contributed by atoms with E-state index in [1.54, 1.807) is 0 Å². The lowest BCUT2D eigenvalue weighted by Crippen LogP contribution is -2.07. The normalized spacial score (nSPS) is 10.6. The molecule has 2 nitrogen and oxygen atoms in total. The summed E-state index contributed by atoms with van der Waals surface area (Å²) in [5, 5.41) is 0. The summed E-state index contributed by atoms with van der Waals surface area (Å²) in [7, 11) is 0. The molecule has 0 heterocycles. The van der Waals surface area contributed by atoms with E-state index >= 15 is 0 Å². The van der Waals surface area contributed by atoms with Gasteiger partial charge in [-0.2, -0.15) is 0 Å². The van der Waals surface area contributed by atoms with Crippen molar-refractivity contribution in [1.82, 2.24) is 0 Å². The molecular formula is C14H20O2. The third kappa shape index (κ3) is 3.37. The molecule has 0 aliphatic rings. The number of carbonyl (C=O) groups is 1. The molecule has 0 fully saturated rings. The van der Waals surface area contributed by atoms with Gasteiger partial charge in [0.05, 0.1) is 0 Å². The van der Waals surface area contributed by atoms with E-state index in [9.17, 15) is 4.79 Å². The zero-order valence-electron chi connectivity index (χ0n) is 10.5. The van der Waals surface area contributed by atoms with E-state index in [2.05, 4.69) is 26.8 Å². The first-order chi connectivity index (χ1) is 7.54. The van der Waals surface area contributed by atoms with E-state index in [1.165, 1.54) is 18.1 Å². The Bertz CT molecular complexity index is 367. The van der Waals surface area contributed by atoms with Crippen molar-refractivity contribution in [3.8, 4) is 5.75 Å². The van der Waals surface area contributed by atoms with Gasteiger partial charge in [0.15, 0.2) is 5.78 Å². The maximum absolute atomic E-state index is 10.8. The van der Waals surface area contributed by atoms with Crippen molar-refractivity contribution in [3.05, 3.63) is 29.3 Å². The van der Waals surface area contributed by atoms with Gasteiger partial charge in [0.25, 0.3) is 0 Å². The van der Waals surface area contributed by atoms with Crippen LogP contribution in [0.5, 0.6) is 5.75 Å². The van der Waals surface area contributed by atoms with Crippen LogP contribution in [0.4, 0.5) is 0 Å². The minimum Gasteiger partial charge on any atom is -0.486 e. The smallest absolute Gasteiger partial charge is 0.167 e. The summed E-state index contributed by atoms with van der Waals surface area (Å²) in [6.07, 6.45) is 0.991. The number of Topliss-reactive ketones (excluding diaryl/α,β-unsaturated/α-hetero) is 1. The molecule has 1 rings (SSSR count). The molecule has 2 heteroatoms. The van der Waals surface area contributed by atoms with Crippen molar-refractivity contribution in [3.63, 3.8) is 0 Å². The predicted octanol–water partition coefficient (Wildman–Crippen LogP) is 3.34. The molecule has 0 amide bonds. The minimum atomic E-state index is 0.0472. The minimum absolute atomic E-state index is 0.0472. The second-order valence-electron chi connectivity index (χ2n) is 4.36. The molecule has 0 saturated carbocycles. The lowest BCUT2D eigenvalue weighted by atomic mass is 9.95. The monoisotopic (exact) mass is 220 g/mol. The number of rotatable bonds is 5. The quantitative estimate of drug-likeness (QED) is 0.760. The first-order valence-corrected chi connectivity index (χ1v) is 5.79.